The SMILES string of the molecule is Oc1cc(Cl)c(C(F)(F)F)c(-c2ncc3c(N4CC5CCC(C4)N5)cc(OCC45CCCN4CC(F)(F)C5)nc3c2F)c1. The van der Waals surface area contributed by atoms with Crippen molar-refractivity contribution in [2.45, 2.75) is 61.8 Å². The van der Waals surface area contributed by atoms with Crippen molar-refractivity contribution < 1.29 is 36.2 Å². The third-order valence-electron chi connectivity index (χ3n) is 9.16. The molecule has 230 valence electrons. The van der Waals surface area contributed by atoms with Gasteiger partial charge in [-0.2, -0.15) is 13.2 Å². The molecule has 0 aliphatic carbocycles. The number of alkyl halides is 5. The molecule has 2 bridgehead atoms. The van der Waals surface area contributed by atoms with E-state index in [1.807, 2.05) is 4.90 Å². The third-order valence-corrected chi connectivity index (χ3v) is 9.46. The highest BCUT2D eigenvalue weighted by molar-refractivity contribution is 6.32. The second-order valence-electron chi connectivity index (χ2n) is 12.1. The predicted molar refractivity (Wildman–Crippen MR) is 147 cm³/mol. The van der Waals surface area contributed by atoms with E-state index >= 15 is 4.39 Å². The first-order valence-corrected chi connectivity index (χ1v) is 14.6. The first-order valence-electron chi connectivity index (χ1n) is 14.2. The van der Waals surface area contributed by atoms with Gasteiger partial charge in [-0.3, -0.25) is 9.88 Å². The topological polar surface area (TPSA) is 73.8 Å². The molecule has 1 aromatic carbocycles. The maximum atomic E-state index is 16.3. The average molecular weight is 628 g/mol. The molecule has 4 aliphatic heterocycles. The van der Waals surface area contributed by atoms with E-state index in [-0.39, 0.29) is 48.4 Å². The van der Waals surface area contributed by atoms with Crippen LogP contribution in [-0.4, -0.2) is 76.3 Å². The summed E-state index contributed by atoms with van der Waals surface area (Å²) >= 11 is 5.86. The normalized spacial score (nSPS) is 26.8. The van der Waals surface area contributed by atoms with Gasteiger partial charge in [-0.1, -0.05) is 11.6 Å². The molecular formula is C29H28ClF6N5O2. The number of phenols is 1. The van der Waals surface area contributed by atoms with Crippen LogP contribution in [0.5, 0.6) is 11.6 Å². The van der Waals surface area contributed by atoms with Crippen molar-refractivity contribution in [2.24, 2.45) is 0 Å². The zero-order valence-electron chi connectivity index (χ0n) is 22.8. The molecule has 4 saturated heterocycles. The van der Waals surface area contributed by atoms with Crippen LogP contribution in [0.1, 0.15) is 37.7 Å². The molecule has 0 saturated carbocycles. The lowest BCUT2D eigenvalue weighted by molar-refractivity contribution is -0.137. The Morgan fingerprint density at radius 3 is 2.60 bits per heavy atom. The number of anilines is 1. The standard InChI is InChI=1S/C29H28ClF6N5O2/c30-20-7-17(42)6-18(23(20)29(34,35)36)25-24(31)26-19(9-37-25)21(40-10-15-2-3-16(11-40)38-15)8-22(39-26)43-14-27-4-1-5-41(27)13-28(32,33)12-27/h6-9,15-16,38,42H,1-5,10-14H2. The molecule has 0 spiro atoms. The van der Waals surface area contributed by atoms with Crippen molar-refractivity contribution in [2.75, 3.05) is 37.7 Å². The van der Waals surface area contributed by atoms with Gasteiger partial charge in [-0.05, 0) is 44.4 Å². The summed E-state index contributed by atoms with van der Waals surface area (Å²) in [5, 5.41) is 13.0. The number of rotatable bonds is 5. The Bertz CT molecular complexity index is 1590. The summed E-state index contributed by atoms with van der Waals surface area (Å²) in [5.74, 6) is -4.62. The van der Waals surface area contributed by atoms with E-state index in [2.05, 4.69) is 15.3 Å². The summed E-state index contributed by atoms with van der Waals surface area (Å²) in [6.07, 6.45) is -0.866. The zero-order chi connectivity index (χ0) is 30.3. The number of phenolic OH excluding ortho intramolecular Hbond substituents is 1. The molecule has 0 radical (unpaired) electrons. The molecule has 7 rings (SSSR count). The van der Waals surface area contributed by atoms with Crippen molar-refractivity contribution in [3.63, 3.8) is 0 Å². The molecule has 7 nitrogen and oxygen atoms in total. The highest BCUT2D eigenvalue weighted by Crippen LogP contribution is 2.47. The smallest absolute Gasteiger partial charge is 0.418 e. The van der Waals surface area contributed by atoms with Crippen LogP contribution in [0.4, 0.5) is 32.0 Å². The fraction of sp³-hybridized carbons (Fsp3) is 0.517. The molecule has 3 atom stereocenters. The molecule has 4 fully saturated rings. The summed E-state index contributed by atoms with van der Waals surface area (Å²) < 4.78 is 93.2. The number of fused-ring (bicyclic) bond motifs is 4. The van der Waals surface area contributed by atoms with Gasteiger partial charge in [-0.25, -0.2) is 18.2 Å². The summed E-state index contributed by atoms with van der Waals surface area (Å²) in [6.45, 7) is 1.28. The minimum absolute atomic E-state index is 0.0224. The lowest BCUT2D eigenvalue weighted by atomic mass is 9.94. The number of hydrogen-bond acceptors (Lipinski definition) is 7. The van der Waals surface area contributed by atoms with Crippen LogP contribution in [0.3, 0.4) is 0 Å². The summed E-state index contributed by atoms with van der Waals surface area (Å²) in [7, 11) is 0. The van der Waals surface area contributed by atoms with Crippen molar-refractivity contribution >= 4 is 28.2 Å². The number of piperazine rings is 1. The number of aromatic hydroxyl groups is 1. The molecular weight excluding hydrogens is 600 g/mol. The highest BCUT2D eigenvalue weighted by Gasteiger charge is 2.57. The Morgan fingerprint density at radius 1 is 1.14 bits per heavy atom. The number of nitrogens with one attached hydrogen (secondary N) is 1. The van der Waals surface area contributed by atoms with Crippen LogP contribution < -0.4 is 15.0 Å². The molecule has 14 heteroatoms. The maximum Gasteiger partial charge on any atom is 0.418 e. The number of nitrogens with zero attached hydrogens (tertiary/aromatic N) is 4. The molecule has 3 aromatic rings. The van der Waals surface area contributed by atoms with Gasteiger partial charge in [0.2, 0.25) is 5.88 Å². The highest BCUT2D eigenvalue weighted by atomic mass is 35.5. The van der Waals surface area contributed by atoms with Gasteiger partial charge in [0.1, 0.15) is 23.6 Å². The molecule has 3 unspecified atom stereocenters. The number of aromatic nitrogens is 2. The number of pyridine rings is 2. The molecule has 4 aliphatic rings. The Kier molecular flexibility index (Phi) is 6.68. The van der Waals surface area contributed by atoms with E-state index in [1.165, 1.54) is 6.20 Å². The van der Waals surface area contributed by atoms with Crippen LogP contribution in [0.2, 0.25) is 5.02 Å². The molecule has 43 heavy (non-hydrogen) atoms. The van der Waals surface area contributed by atoms with E-state index in [0.29, 0.717) is 31.7 Å². The fourth-order valence-electron chi connectivity index (χ4n) is 7.38. The van der Waals surface area contributed by atoms with Crippen LogP contribution in [-0.2, 0) is 6.18 Å². The molecule has 6 heterocycles. The number of halogens is 7. The first-order chi connectivity index (χ1) is 20.3. The monoisotopic (exact) mass is 627 g/mol. The van der Waals surface area contributed by atoms with Crippen LogP contribution in [0, 0.1) is 5.82 Å². The van der Waals surface area contributed by atoms with Crippen molar-refractivity contribution in [1.29, 1.82) is 0 Å². The predicted octanol–water partition coefficient (Wildman–Crippen LogP) is 6.01. The van der Waals surface area contributed by atoms with E-state index in [0.717, 1.165) is 31.4 Å². The first kappa shape index (κ1) is 28.7. The van der Waals surface area contributed by atoms with Gasteiger partial charge in [0.25, 0.3) is 5.92 Å². The van der Waals surface area contributed by atoms with Gasteiger partial charge < -0.3 is 20.1 Å². The van der Waals surface area contributed by atoms with Crippen LogP contribution >= 0.6 is 11.6 Å². The van der Waals surface area contributed by atoms with E-state index in [1.54, 1.807) is 11.0 Å². The van der Waals surface area contributed by atoms with Gasteiger partial charge in [0.05, 0.1) is 28.4 Å². The van der Waals surface area contributed by atoms with Crippen molar-refractivity contribution in [3.05, 3.63) is 40.8 Å². The minimum Gasteiger partial charge on any atom is -0.508 e. The van der Waals surface area contributed by atoms with Gasteiger partial charge >= 0.3 is 6.18 Å². The van der Waals surface area contributed by atoms with E-state index in [9.17, 15) is 27.1 Å². The maximum absolute atomic E-state index is 16.3. The van der Waals surface area contributed by atoms with Crippen molar-refractivity contribution in [3.8, 4) is 22.9 Å². The second kappa shape index (κ2) is 10.00. The second-order valence-corrected chi connectivity index (χ2v) is 12.5. The lowest BCUT2D eigenvalue weighted by Crippen LogP contribution is -2.51. The molecule has 2 N–H and O–H groups in total. The number of hydrogen-bond donors (Lipinski definition) is 2. The minimum atomic E-state index is -4.97. The largest absolute Gasteiger partial charge is 0.508 e. The Hall–Kier alpha value is -3.03. The van der Waals surface area contributed by atoms with E-state index in [4.69, 9.17) is 16.3 Å². The number of ether oxygens (including phenoxy) is 1. The molecule has 0 amide bonds. The summed E-state index contributed by atoms with van der Waals surface area (Å²) in [6, 6.07) is 3.53. The quantitative estimate of drug-likeness (QED) is 0.336. The number of benzene rings is 1. The Morgan fingerprint density at radius 2 is 1.88 bits per heavy atom. The average Bonchev–Trinajstić information content (AvgIpc) is 3.54. The van der Waals surface area contributed by atoms with Gasteiger partial charge in [0.15, 0.2) is 5.82 Å². The Balaban J connectivity index is 1.34. The van der Waals surface area contributed by atoms with E-state index < -0.39 is 51.0 Å². The third kappa shape index (κ3) is 5.02. The molecule has 2 aromatic heterocycles. The van der Waals surface area contributed by atoms with Gasteiger partial charge in [-0.15, -0.1) is 0 Å². The Labute approximate surface area is 247 Å². The van der Waals surface area contributed by atoms with Crippen LogP contribution in [0.25, 0.3) is 22.2 Å². The van der Waals surface area contributed by atoms with Crippen LogP contribution in [0.15, 0.2) is 24.4 Å². The van der Waals surface area contributed by atoms with Crippen molar-refractivity contribution in [1.82, 2.24) is 20.2 Å². The zero-order valence-corrected chi connectivity index (χ0v) is 23.6. The van der Waals surface area contributed by atoms with Gasteiger partial charge in [0, 0.05) is 54.8 Å². The fourth-order valence-corrected chi connectivity index (χ4v) is 7.70. The summed E-state index contributed by atoms with van der Waals surface area (Å²) in [5.41, 5.74) is -3.39. The lowest BCUT2D eigenvalue weighted by Gasteiger charge is -2.35. The summed E-state index contributed by atoms with van der Waals surface area (Å²) in [4.78, 5) is 12.2.